The Morgan fingerprint density at radius 2 is 1.07 bits per heavy atom. The second-order valence-corrected chi connectivity index (χ2v) is 10.8. The van der Waals surface area contributed by atoms with Crippen molar-refractivity contribution in [3.8, 4) is 0 Å². The van der Waals surface area contributed by atoms with Crippen LogP contribution >= 0.6 is 7.71 Å². The van der Waals surface area contributed by atoms with Crippen LogP contribution in [0.25, 0.3) is 5.76 Å². The SMILES string of the molecule is CN(C)[P+](/C(C(=O)c1ccccc1)=C(/[O-])c1ccccc1)(N(C)C)N(C)C. The van der Waals surface area contributed by atoms with Crippen LogP contribution in [0, 0.1) is 0 Å². The maximum Gasteiger partial charge on any atom is 0.263 e. The lowest BCUT2D eigenvalue weighted by Gasteiger charge is -2.42. The van der Waals surface area contributed by atoms with E-state index in [9.17, 15) is 9.90 Å². The van der Waals surface area contributed by atoms with E-state index in [1.54, 1.807) is 24.3 Å². The van der Waals surface area contributed by atoms with Crippen molar-refractivity contribution in [2.75, 3.05) is 42.3 Å². The minimum atomic E-state index is -2.55. The van der Waals surface area contributed by atoms with Crippen molar-refractivity contribution in [3.63, 3.8) is 0 Å². The maximum atomic E-state index is 13.6. The summed E-state index contributed by atoms with van der Waals surface area (Å²) >= 11 is 0. The summed E-state index contributed by atoms with van der Waals surface area (Å²) in [5.74, 6) is -0.456. The highest BCUT2D eigenvalue weighted by molar-refractivity contribution is 7.74. The lowest BCUT2D eigenvalue weighted by atomic mass is 10.1. The first-order valence-corrected chi connectivity index (χ1v) is 10.4. The fraction of sp³-hybridized carbons (Fsp3) is 0.286. The van der Waals surface area contributed by atoms with Crippen molar-refractivity contribution in [2.24, 2.45) is 0 Å². The van der Waals surface area contributed by atoms with Gasteiger partial charge in [0, 0.05) is 47.8 Å². The molecule has 2 aromatic carbocycles. The van der Waals surface area contributed by atoms with Gasteiger partial charge in [0.05, 0.1) is 0 Å². The number of hydrogen-bond acceptors (Lipinski definition) is 5. The molecular formula is C21H28N3O2P. The number of allylic oxidation sites excluding steroid dienone is 1. The van der Waals surface area contributed by atoms with Crippen LogP contribution in [0.3, 0.4) is 0 Å². The Bertz CT molecular complexity index is 781. The van der Waals surface area contributed by atoms with Gasteiger partial charge >= 0.3 is 0 Å². The number of Topliss-reactive ketones (excluding diaryl/α,β-unsaturated/α-hetero) is 1. The molecule has 2 rings (SSSR count). The number of benzene rings is 2. The van der Waals surface area contributed by atoms with Crippen molar-refractivity contribution in [2.45, 2.75) is 0 Å². The molecule has 0 amide bonds. The zero-order valence-electron chi connectivity index (χ0n) is 16.9. The summed E-state index contributed by atoms with van der Waals surface area (Å²) in [4.78, 5) is 13.6. The Labute approximate surface area is 163 Å². The summed E-state index contributed by atoms with van der Waals surface area (Å²) in [7, 11) is 8.98. The van der Waals surface area contributed by atoms with Crippen molar-refractivity contribution in [1.29, 1.82) is 0 Å². The quantitative estimate of drug-likeness (QED) is 0.317. The fourth-order valence-electron chi connectivity index (χ4n) is 3.50. The molecule has 144 valence electrons. The van der Waals surface area contributed by atoms with Gasteiger partial charge in [-0.05, 0) is 11.3 Å². The molecule has 0 atom stereocenters. The summed E-state index contributed by atoms with van der Waals surface area (Å²) < 4.78 is 6.01. The van der Waals surface area contributed by atoms with Gasteiger partial charge in [0.2, 0.25) is 5.78 Å². The average molecular weight is 385 g/mol. The van der Waals surface area contributed by atoms with Crippen LogP contribution < -0.4 is 5.11 Å². The molecule has 0 aliphatic rings. The fourth-order valence-corrected chi connectivity index (χ4v) is 7.65. The van der Waals surface area contributed by atoms with Crippen LogP contribution in [0.2, 0.25) is 0 Å². The molecule has 0 spiro atoms. The molecule has 0 N–H and O–H groups in total. The highest BCUT2D eigenvalue weighted by atomic mass is 31.2. The van der Waals surface area contributed by atoms with E-state index in [0.29, 0.717) is 16.4 Å². The molecule has 5 nitrogen and oxygen atoms in total. The normalized spacial score (nSPS) is 13.2. The molecule has 0 unspecified atom stereocenters. The second-order valence-electron chi connectivity index (χ2n) is 6.85. The van der Waals surface area contributed by atoms with Crippen LogP contribution in [-0.4, -0.2) is 62.1 Å². The lowest BCUT2D eigenvalue weighted by Crippen LogP contribution is -2.40. The monoisotopic (exact) mass is 385 g/mol. The molecule has 6 heteroatoms. The largest absolute Gasteiger partial charge is 0.869 e. The molecule has 0 bridgehead atoms. The van der Waals surface area contributed by atoms with E-state index in [1.165, 1.54) is 0 Å². The Hall–Kier alpha value is -2.04. The molecule has 0 radical (unpaired) electrons. The molecule has 0 heterocycles. The van der Waals surface area contributed by atoms with E-state index in [-0.39, 0.29) is 11.5 Å². The predicted octanol–water partition coefficient (Wildman–Crippen LogP) is 3.05. The minimum absolute atomic E-state index is 0.228. The molecule has 0 aliphatic carbocycles. The third-order valence-corrected chi connectivity index (χ3v) is 8.83. The van der Waals surface area contributed by atoms with Gasteiger partial charge in [0.15, 0.2) is 5.31 Å². The van der Waals surface area contributed by atoms with Crippen LogP contribution in [0.15, 0.2) is 66.0 Å². The van der Waals surface area contributed by atoms with Gasteiger partial charge in [-0.25, -0.2) is 0 Å². The number of carbonyl (C=O) groups is 1. The van der Waals surface area contributed by atoms with E-state index >= 15 is 0 Å². The third-order valence-electron chi connectivity index (χ3n) is 4.48. The molecular weight excluding hydrogens is 357 g/mol. The summed E-state index contributed by atoms with van der Waals surface area (Å²) in [6.45, 7) is 0. The number of nitrogens with zero attached hydrogens (tertiary/aromatic N) is 3. The highest BCUT2D eigenvalue weighted by Gasteiger charge is 2.55. The summed E-state index contributed by atoms with van der Waals surface area (Å²) in [5.41, 5.74) is 1.04. The van der Waals surface area contributed by atoms with E-state index < -0.39 is 7.71 Å². The van der Waals surface area contributed by atoms with Crippen molar-refractivity contribution < 1.29 is 9.90 Å². The van der Waals surface area contributed by atoms with Crippen LogP contribution in [0.4, 0.5) is 0 Å². The molecule has 0 saturated heterocycles. The van der Waals surface area contributed by atoms with Crippen molar-refractivity contribution >= 4 is 19.3 Å². The van der Waals surface area contributed by atoms with Crippen LogP contribution in [0.5, 0.6) is 0 Å². The standard InChI is InChI=1S/C21H28N3O2P/c1-22(2)27(23(3)4,24(5)6)21(19(25)17-13-9-7-10-14-17)20(26)18-15-11-8-12-16-18/h7-16H,1-6H3. The minimum Gasteiger partial charge on any atom is -0.869 e. The Morgan fingerprint density at radius 1 is 0.704 bits per heavy atom. The molecule has 0 fully saturated rings. The molecule has 0 aliphatic heterocycles. The average Bonchev–Trinajstić information content (AvgIpc) is 2.65. The van der Waals surface area contributed by atoms with Gasteiger partial charge in [-0.1, -0.05) is 60.7 Å². The van der Waals surface area contributed by atoms with Crippen molar-refractivity contribution in [3.05, 3.63) is 77.1 Å². The molecule has 0 aromatic heterocycles. The molecule has 2 aromatic rings. The molecule has 27 heavy (non-hydrogen) atoms. The Balaban J connectivity index is 2.86. The van der Waals surface area contributed by atoms with E-state index in [2.05, 4.69) is 0 Å². The second kappa shape index (κ2) is 8.77. The first-order valence-electron chi connectivity index (χ1n) is 8.74. The van der Waals surface area contributed by atoms with Gasteiger partial charge in [0.1, 0.15) is 0 Å². The van der Waals surface area contributed by atoms with Gasteiger partial charge < -0.3 is 5.11 Å². The summed E-state index contributed by atoms with van der Waals surface area (Å²) in [6.07, 6.45) is 0. The van der Waals surface area contributed by atoms with Crippen molar-refractivity contribution in [1.82, 2.24) is 14.0 Å². The lowest BCUT2D eigenvalue weighted by molar-refractivity contribution is -0.244. The third kappa shape index (κ3) is 3.97. The first-order chi connectivity index (χ1) is 12.7. The van der Waals surface area contributed by atoms with Gasteiger partial charge in [-0.2, -0.15) is 14.0 Å². The Morgan fingerprint density at radius 3 is 1.44 bits per heavy atom. The summed E-state index contributed by atoms with van der Waals surface area (Å²) in [5, 5.41) is 13.9. The zero-order chi connectivity index (χ0) is 20.2. The predicted molar refractivity (Wildman–Crippen MR) is 112 cm³/mol. The topological polar surface area (TPSA) is 49.9 Å². The number of carbonyl (C=O) groups excluding carboxylic acids is 1. The van der Waals surface area contributed by atoms with Gasteiger partial charge in [-0.3, -0.25) is 4.79 Å². The van der Waals surface area contributed by atoms with E-state index in [1.807, 2.05) is 92.7 Å². The van der Waals surface area contributed by atoms with Gasteiger partial charge in [-0.15, -0.1) is 0 Å². The zero-order valence-corrected chi connectivity index (χ0v) is 17.8. The molecule has 0 saturated carbocycles. The van der Waals surface area contributed by atoms with E-state index in [0.717, 1.165) is 0 Å². The summed E-state index contributed by atoms with van der Waals surface area (Å²) in [6, 6.07) is 18.0. The van der Waals surface area contributed by atoms with E-state index in [4.69, 9.17) is 0 Å². The maximum absolute atomic E-state index is 13.6. The smallest absolute Gasteiger partial charge is 0.263 e. The van der Waals surface area contributed by atoms with Crippen LogP contribution in [0.1, 0.15) is 15.9 Å². The highest BCUT2D eigenvalue weighted by Crippen LogP contribution is 2.71. The first kappa shape index (κ1) is 21.3. The van der Waals surface area contributed by atoms with Gasteiger partial charge in [0.25, 0.3) is 7.71 Å². The number of rotatable bonds is 7. The number of ketones is 1. The Kier molecular flexibility index (Phi) is 6.90. The number of hydrogen-bond donors (Lipinski definition) is 0. The van der Waals surface area contributed by atoms with Crippen LogP contribution in [-0.2, 0) is 0 Å².